The van der Waals surface area contributed by atoms with E-state index in [1.807, 2.05) is 0 Å². The maximum Gasteiger partial charge on any atom is 0.191 e. The van der Waals surface area contributed by atoms with E-state index in [1.165, 1.54) is 5.56 Å². The number of hydrogen-bond donors (Lipinski definition) is 2. The van der Waals surface area contributed by atoms with Crippen LogP contribution >= 0.6 is 0 Å². The molecule has 0 saturated carbocycles. The Morgan fingerprint density at radius 1 is 1.29 bits per heavy atom. The molecule has 1 aromatic carbocycles. The summed E-state index contributed by atoms with van der Waals surface area (Å²) in [6.45, 7) is 11.7. The van der Waals surface area contributed by atoms with Gasteiger partial charge in [-0.05, 0) is 37.3 Å². The van der Waals surface area contributed by atoms with E-state index in [1.54, 1.807) is 7.05 Å². The van der Waals surface area contributed by atoms with Crippen molar-refractivity contribution in [2.24, 2.45) is 16.8 Å². The first-order valence-corrected chi connectivity index (χ1v) is 10.4. The SMILES string of the molecule is CN=C(NCCOCCC(C)C)NCc1ccc(C)cc1OCC1CCOC1. The fourth-order valence-electron chi connectivity index (χ4n) is 2.93. The number of nitrogens with zero attached hydrogens (tertiary/aromatic N) is 1. The van der Waals surface area contributed by atoms with E-state index in [0.29, 0.717) is 31.6 Å². The van der Waals surface area contributed by atoms with Crippen molar-refractivity contribution in [2.45, 2.75) is 40.2 Å². The van der Waals surface area contributed by atoms with E-state index in [-0.39, 0.29) is 0 Å². The van der Waals surface area contributed by atoms with E-state index in [2.05, 4.69) is 54.6 Å². The molecular weight excluding hydrogens is 354 g/mol. The van der Waals surface area contributed by atoms with Gasteiger partial charge in [0.2, 0.25) is 0 Å². The number of nitrogens with one attached hydrogen (secondary N) is 2. The first-order valence-electron chi connectivity index (χ1n) is 10.4. The molecule has 1 fully saturated rings. The molecule has 2 rings (SSSR count). The lowest BCUT2D eigenvalue weighted by Crippen LogP contribution is -2.38. The van der Waals surface area contributed by atoms with E-state index in [9.17, 15) is 0 Å². The zero-order valence-corrected chi connectivity index (χ0v) is 17.9. The molecule has 1 aromatic rings. The molecule has 28 heavy (non-hydrogen) atoms. The topological polar surface area (TPSA) is 64.1 Å². The largest absolute Gasteiger partial charge is 0.493 e. The van der Waals surface area contributed by atoms with Gasteiger partial charge in [-0.15, -0.1) is 0 Å². The van der Waals surface area contributed by atoms with Crippen LogP contribution in [0.3, 0.4) is 0 Å². The third-order valence-electron chi connectivity index (χ3n) is 4.77. The van der Waals surface area contributed by atoms with Crippen LogP contribution in [0.4, 0.5) is 0 Å². The van der Waals surface area contributed by atoms with Crippen LogP contribution in [0.15, 0.2) is 23.2 Å². The molecule has 1 atom stereocenters. The minimum atomic E-state index is 0.492. The fourth-order valence-corrected chi connectivity index (χ4v) is 2.93. The average Bonchev–Trinajstić information content (AvgIpc) is 3.19. The molecule has 0 radical (unpaired) electrons. The molecule has 1 aliphatic heterocycles. The number of aryl methyl sites for hydroxylation is 1. The average molecular weight is 392 g/mol. The molecule has 0 aliphatic carbocycles. The Hall–Kier alpha value is -1.79. The third-order valence-corrected chi connectivity index (χ3v) is 4.77. The molecule has 0 bridgehead atoms. The van der Waals surface area contributed by atoms with E-state index >= 15 is 0 Å². The molecule has 1 saturated heterocycles. The van der Waals surface area contributed by atoms with Gasteiger partial charge in [0.1, 0.15) is 5.75 Å². The van der Waals surface area contributed by atoms with Crippen LogP contribution in [0.25, 0.3) is 0 Å². The first kappa shape index (κ1) is 22.5. The predicted molar refractivity (Wildman–Crippen MR) is 114 cm³/mol. The van der Waals surface area contributed by atoms with Crippen molar-refractivity contribution < 1.29 is 14.2 Å². The van der Waals surface area contributed by atoms with Gasteiger partial charge in [0, 0.05) is 44.8 Å². The van der Waals surface area contributed by atoms with Crippen LogP contribution in [-0.4, -0.2) is 52.6 Å². The summed E-state index contributed by atoms with van der Waals surface area (Å²) in [5.74, 6) is 2.87. The number of ether oxygens (including phenoxy) is 3. The summed E-state index contributed by atoms with van der Waals surface area (Å²) in [6, 6.07) is 6.33. The molecule has 6 nitrogen and oxygen atoms in total. The number of aliphatic imine (C=N–C) groups is 1. The van der Waals surface area contributed by atoms with Crippen molar-refractivity contribution in [3.05, 3.63) is 29.3 Å². The van der Waals surface area contributed by atoms with Gasteiger partial charge in [0.15, 0.2) is 5.96 Å². The van der Waals surface area contributed by atoms with Gasteiger partial charge in [-0.3, -0.25) is 4.99 Å². The molecular formula is C22H37N3O3. The van der Waals surface area contributed by atoms with Gasteiger partial charge in [0.25, 0.3) is 0 Å². The molecule has 0 aromatic heterocycles. The lowest BCUT2D eigenvalue weighted by molar-refractivity contribution is 0.128. The lowest BCUT2D eigenvalue weighted by Gasteiger charge is -2.17. The van der Waals surface area contributed by atoms with Crippen molar-refractivity contribution in [3.63, 3.8) is 0 Å². The van der Waals surface area contributed by atoms with Crippen LogP contribution in [0, 0.1) is 18.8 Å². The van der Waals surface area contributed by atoms with Crippen molar-refractivity contribution >= 4 is 5.96 Å². The van der Waals surface area contributed by atoms with Crippen LogP contribution in [-0.2, 0) is 16.0 Å². The second-order valence-electron chi connectivity index (χ2n) is 7.80. The number of hydrogen-bond acceptors (Lipinski definition) is 4. The summed E-state index contributed by atoms with van der Waals surface area (Å²) < 4.78 is 17.2. The van der Waals surface area contributed by atoms with Gasteiger partial charge < -0.3 is 24.8 Å². The first-order chi connectivity index (χ1) is 13.6. The van der Waals surface area contributed by atoms with E-state index < -0.39 is 0 Å². The van der Waals surface area contributed by atoms with E-state index in [0.717, 1.165) is 56.5 Å². The second kappa shape index (κ2) is 12.6. The molecule has 1 heterocycles. The Morgan fingerprint density at radius 2 is 2.14 bits per heavy atom. The van der Waals surface area contributed by atoms with Crippen molar-refractivity contribution in [1.29, 1.82) is 0 Å². The summed E-state index contributed by atoms with van der Waals surface area (Å²) in [6.07, 6.45) is 2.17. The molecule has 1 unspecified atom stereocenters. The highest BCUT2D eigenvalue weighted by molar-refractivity contribution is 5.79. The Balaban J connectivity index is 1.76. The molecule has 1 aliphatic rings. The Labute approximate surface area is 170 Å². The molecule has 158 valence electrons. The van der Waals surface area contributed by atoms with Gasteiger partial charge >= 0.3 is 0 Å². The van der Waals surface area contributed by atoms with Gasteiger partial charge in [-0.25, -0.2) is 0 Å². The summed E-state index contributed by atoms with van der Waals surface area (Å²) >= 11 is 0. The van der Waals surface area contributed by atoms with Crippen molar-refractivity contribution in [2.75, 3.05) is 46.6 Å². The molecule has 2 N–H and O–H groups in total. The normalized spacial score (nSPS) is 17.2. The lowest BCUT2D eigenvalue weighted by atomic mass is 10.1. The maximum atomic E-state index is 6.11. The summed E-state index contributed by atoms with van der Waals surface area (Å²) in [5, 5.41) is 6.65. The Bertz CT molecular complexity index is 599. The standard InChI is InChI=1S/C22H37N3O3/c1-17(2)7-10-26-12-9-24-22(23-4)25-14-20-6-5-18(3)13-21(20)28-16-19-8-11-27-15-19/h5-6,13,17,19H,7-12,14-16H2,1-4H3,(H2,23,24,25). The van der Waals surface area contributed by atoms with Crippen molar-refractivity contribution in [3.8, 4) is 5.75 Å². The monoisotopic (exact) mass is 391 g/mol. The number of benzene rings is 1. The molecule has 6 heteroatoms. The van der Waals surface area contributed by atoms with Crippen LogP contribution < -0.4 is 15.4 Å². The van der Waals surface area contributed by atoms with E-state index in [4.69, 9.17) is 14.2 Å². The fraction of sp³-hybridized carbons (Fsp3) is 0.682. The minimum absolute atomic E-state index is 0.492. The number of guanidine groups is 1. The quantitative estimate of drug-likeness (QED) is 0.345. The van der Waals surface area contributed by atoms with Gasteiger partial charge in [-0.2, -0.15) is 0 Å². The summed E-state index contributed by atoms with van der Waals surface area (Å²) in [7, 11) is 1.78. The number of rotatable bonds is 11. The second-order valence-corrected chi connectivity index (χ2v) is 7.80. The zero-order chi connectivity index (χ0) is 20.2. The van der Waals surface area contributed by atoms with Gasteiger partial charge in [0.05, 0.1) is 19.8 Å². The third kappa shape index (κ3) is 8.48. The highest BCUT2D eigenvalue weighted by atomic mass is 16.5. The maximum absolute atomic E-state index is 6.11. The Kier molecular flexibility index (Phi) is 10.1. The predicted octanol–water partition coefficient (Wildman–Crippen LogP) is 3.14. The Morgan fingerprint density at radius 3 is 2.86 bits per heavy atom. The molecule has 0 amide bonds. The smallest absolute Gasteiger partial charge is 0.191 e. The summed E-state index contributed by atoms with van der Waals surface area (Å²) in [5.41, 5.74) is 2.32. The minimum Gasteiger partial charge on any atom is -0.493 e. The highest BCUT2D eigenvalue weighted by Crippen LogP contribution is 2.22. The van der Waals surface area contributed by atoms with Crippen molar-refractivity contribution in [1.82, 2.24) is 10.6 Å². The zero-order valence-electron chi connectivity index (χ0n) is 17.9. The van der Waals surface area contributed by atoms with Crippen LogP contribution in [0.1, 0.15) is 37.8 Å². The van der Waals surface area contributed by atoms with Gasteiger partial charge in [-0.1, -0.05) is 26.0 Å². The summed E-state index contributed by atoms with van der Waals surface area (Å²) in [4.78, 5) is 4.29. The highest BCUT2D eigenvalue weighted by Gasteiger charge is 2.17. The van der Waals surface area contributed by atoms with Crippen LogP contribution in [0.5, 0.6) is 5.75 Å². The molecule has 0 spiro atoms. The van der Waals surface area contributed by atoms with Crippen LogP contribution in [0.2, 0.25) is 0 Å².